The smallest absolute Gasteiger partial charge is 0.248 e. The summed E-state index contributed by atoms with van der Waals surface area (Å²) >= 11 is 1.79. The lowest BCUT2D eigenvalue weighted by Gasteiger charge is -2.14. The Bertz CT molecular complexity index is 1100. The molecule has 3 rings (SSSR count). The number of nitrogens with one attached hydrogen (secondary N) is 1. The Morgan fingerprint density at radius 1 is 0.938 bits per heavy atom. The van der Waals surface area contributed by atoms with Gasteiger partial charge in [0.25, 0.3) is 0 Å². The molecule has 0 fully saturated rings. The van der Waals surface area contributed by atoms with Crippen molar-refractivity contribution >= 4 is 29.4 Å². The number of ether oxygens (including phenoxy) is 3. The van der Waals surface area contributed by atoms with E-state index in [1.54, 1.807) is 45.2 Å². The minimum absolute atomic E-state index is 0.226. The largest absolute Gasteiger partial charge is 0.493 e. The summed E-state index contributed by atoms with van der Waals surface area (Å²) in [6.07, 6.45) is 3.17. The van der Waals surface area contributed by atoms with Gasteiger partial charge in [0.1, 0.15) is 0 Å². The van der Waals surface area contributed by atoms with Crippen molar-refractivity contribution in [1.29, 1.82) is 0 Å². The molecule has 0 aliphatic carbocycles. The summed E-state index contributed by atoms with van der Waals surface area (Å²) in [5.41, 5.74) is 3.72. The van der Waals surface area contributed by atoms with Crippen molar-refractivity contribution in [3.8, 4) is 17.2 Å². The van der Waals surface area contributed by atoms with Crippen molar-refractivity contribution in [3.05, 3.63) is 83.4 Å². The minimum Gasteiger partial charge on any atom is -0.493 e. The van der Waals surface area contributed by atoms with E-state index in [2.05, 4.69) is 23.5 Å². The van der Waals surface area contributed by atoms with Gasteiger partial charge >= 0.3 is 0 Å². The zero-order chi connectivity index (χ0) is 22.9. The van der Waals surface area contributed by atoms with Gasteiger partial charge in [0, 0.05) is 28.0 Å². The van der Waals surface area contributed by atoms with Crippen LogP contribution in [0.15, 0.2) is 71.6 Å². The van der Waals surface area contributed by atoms with Crippen molar-refractivity contribution in [2.75, 3.05) is 26.6 Å². The quantitative estimate of drug-likeness (QED) is 0.322. The van der Waals surface area contributed by atoms with Gasteiger partial charge in [-0.05, 0) is 54.5 Å². The van der Waals surface area contributed by atoms with Gasteiger partial charge in [0.05, 0.1) is 21.3 Å². The Balaban J connectivity index is 1.66. The lowest BCUT2D eigenvalue weighted by molar-refractivity contribution is -0.111. The second-order valence-electron chi connectivity index (χ2n) is 7.00. The molecule has 5 nitrogen and oxygen atoms in total. The Labute approximate surface area is 193 Å². The molecule has 0 radical (unpaired) electrons. The molecule has 3 aromatic carbocycles. The lowest BCUT2D eigenvalue weighted by Crippen LogP contribution is -2.09. The molecule has 6 heteroatoms. The van der Waals surface area contributed by atoms with Gasteiger partial charge in [0.2, 0.25) is 11.7 Å². The van der Waals surface area contributed by atoms with Crippen LogP contribution >= 0.6 is 11.8 Å². The van der Waals surface area contributed by atoms with Crippen LogP contribution in [0.2, 0.25) is 0 Å². The molecule has 0 saturated heterocycles. The number of amides is 1. The average Bonchev–Trinajstić information content (AvgIpc) is 2.82. The number of benzene rings is 3. The lowest BCUT2D eigenvalue weighted by atomic mass is 10.1. The maximum atomic E-state index is 12.5. The van der Waals surface area contributed by atoms with E-state index < -0.39 is 0 Å². The monoisotopic (exact) mass is 449 g/mol. The molecule has 1 amide bonds. The number of carbonyl (C=O) groups excluding carboxylic acids is 1. The molecule has 0 aliphatic rings. The second kappa shape index (κ2) is 11.3. The fraction of sp³-hybridized carbons (Fsp3) is 0.192. The first kappa shape index (κ1) is 23.3. The number of rotatable bonds is 9. The Kier molecular flexibility index (Phi) is 8.22. The van der Waals surface area contributed by atoms with E-state index in [0.717, 1.165) is 17.0 Å². The SMILES string of the molecule is COc1ccc(/C=C/C(=O)Nc2ccc(CSc3ccccc3)cc2C)c(OC)c1OC. The Morgan fingerprint density at radius 2 is 1.69 bits per heavy atom. The molecule has 0 bridgehead atoms. The average molecular weight is 450 g/mol. The molecule has 0 saturated carbocycles. The highest BCUT2D eigenvalue weighted by atomic mass is 32.2. The molecule has 32 heavy (non-hydrogen) atoms. The summed E-state index contributed by atoms with van der Waals surface area (Å²) in [4.78, 5) is 13.7. The van der Waals surface area contributed by atoms with Crippen molar-refractivity contribution in [2.45, 2.75) is 17.6 Å². The fourth-order valence-electron chi connectivity index (χ4n) is 3.23. The van der Waals surface area contributed by atoms with Crippen molar-refractivity contribution in [1.82, 2.24) is 0 Å². The highest BCUT2D eigenvalue weighted by molar-refractivity contribution is 7.98. The highest BCUT2D eigenvalue weighted by Crippen LogP contribution is 2.40. The minimum atomic E-state index is -0.226. The van der Waals surface area contributed by atoms with E-state index in [9.17, 15) is 4.79 Å². The summed E-state index contributed by atoms with van der Waals surface area (Å²) < 4.78 is 16.1. The molecule has 0 spiro atoms. The first-order chi connectivity index (χ1) is 15.5. The second-order valence-corrected chi connectivity index (χ2v) is 8.05. The third-order valence-electron chi connectivity index (χ3n) is 4.85. The van der Waals surface area contributed by atoms with Gasteiger partial charge in [-0.1, -0.05) is 30.3 Å². The molecule has 0 aliphatic heterocycles. The van der Waals surface area contributed by atoms with Crippen LogP contribution in [0.25, 0.3) is 6.08 Å². The van der Waals surface area contributed by atoms with Gasteiger partial charge in [-0.15, -0.1) is 11.8 Å². The molecule has 0 heterocycles. The van der Waals surface area contributed by atoms with Crippen LogP contribution < -0.4 is 19.5 Å². The fourth-order valence-corrected chi connectivity index (χ4v) is 4.10. The topological polar surface area (TPSA) is 56.8 Å². The Hall–Kier alpha value is -3.38. The molecular weight excluding hydrogens is 422 g/mol. The number of hydrogen-bond acceptors (Lipinski definition) is 5. The highest BCUT2D eigenvalue weighted by Gasteiger charge is 2.14. The molecule has 1 N–H and O–H groups in total. The summed E-state index contributed by atoms with van der Waals surface area (Å²) in [6, 6.07) is 20.0. The first-order valence-corrected chi connectivity index (χ1v) is 11.1. The van der Waals surface area contributed by atoms with E-state index >= 15 is 0 Å². The van der Waals surface area contributed by atoms with Gasteiger partial charge in [-0.25, -0.2) is 0 Å². The number of hydrogen-bond donors (Lipinski definition) is 1. The van der Waals surface area contributed by atoms with E-state index in [0.29, 0.717) is 22.8 Å². The third-order valence-corrected chi connectivity index (χ3v) is 5.93. The molecular formula is C26H27NO4S. The predicted molar refractivity (Wildman–Crippen MR) is 131 cm³/mol. The van der Waals surface area contributed by atoms with Crippen LogP contribution in [0.1, 0.15) is 16.7 Å². The van der Waals surface area contributed by atoms with E-state index in [1.165, 1.54) is 16.5 Å². The van der Waals surface area contributed by atoms with Crippen LogP contribution in [0.5, 0.6) is 17.2 Å². The van der Waals surface area contributed by atoms with Crippen molar-refractivity contribution in [3.63, 3.8) is 0 Å². The summed E-state index contributed by atoms with van der Waals surface area (Å²) in [5.74, 6) is 2.20. The maximum absolute atomic E-state index is 12.5. The predicted octanol–water partition coefficient (Wildman–Crippen LogP) is 5.97. The molecule has 166 valence electrons. The number of aryl methyl sites for hydroxylation is 1. The van der Waals surface area contributed by atoms with Crippen LogP contribution in [0, 0.1) is 6.92 Å². The summed E-state index contributed by atoms with van der Waals surface area (Å²) in [5, 5.41) is 2.94. The van der Waals surface area contributed by atoms with Gasteiger partial charge in [-0.3, -0.25) is 4.79 Å². The maximum Gasteiger partial charge on any atom is 0.248 e. The van der Waals surface area contributed by atoms with E-state index in [-0.39, 0.29) is 5.91 Å². The summed E-state index contributed by atoms with van der Waals surface area (Å²) in [6.45, 7) is 1.99. The summed E-state index contributed by atoms with van der Waals surface area (Å²) in [7, 11) is 4.66. The van der Waals surface area contributed by atoms with Crippen LogP contribution in [-0.4, -0.2) is 27.2 Å². The standard InChI is InChI=1S/C26H27NO4S/c1-18-16-19(17-32-21-8-6-5-7-9-21)10-13-22(18)27-24(28)15-12-20-11-14-23(29-2)26(31-4)25(20)30-3/h5-16H,17H2,1-4H3,(H,27,28)/b15-12+. The molecule has 0 unspecified atom stereocenters. The van der Waals surface area contributed by atoms with E-state index in [4.69, 9.17) is 14.2 Å². The van der Waals surface area contributed by atoms with Gasteiger partial charge in [0.15, 0.2) is 11.5 Å². The zero-order valence-corrected chi connectivity index (χ0v) is 19.5. The third kappa shape index (κ3) is 5.86. The van der Waals surface area contributed by atoms with Gasteiger partial charge < -0.3 is 19.5 Å². The number of carbonyl (C=O) groups is 1. The number of anilines is 1. The Morgan fingerprint density at radius 3 is 2.34 bits per heavy atom. The number of methoxy groups -OCH3 is 3. The molecule has 0 aromatic heterocycles. The van der Waals surface area contributed by atoms with Gasteiger partial charge in [-0.2, -0.15) is 0 Å². The zero-order valence-electron chi connectivity index (χ0n) is 18.7. The van der Waals surface area contributed by atoms with E-state index in [1.807, 2.05) is 43.3 Å². The molecule has 0 atom stereocenters. The van der Waals surface area contributed by atoms with Crippen LogP contribution in [0.4, 0.5) is 5.69 Å². The molecule has 3 aromatic rings. The van der Waals surface area contributed by atoms with Crippen molar-refractivity contribution < 1.29 is 19.0 Å². The first-order valence-electron chi connectivity index (χ1n) is 10.1. The van der Waals surface area contributed by atoms with Crippen molar-refractivity contribution in [2.24, 2.45) is 0 Å². The number of thioether (sulfide) groups is 1. The normalized spacial score (nSPS) is 10.8. The van der Waals surface area contributed by atoms with Crippen LogP contribution in [0.3, 0.4) is 0 Å². The van der Waals surface area contributed by atoms with Crippen LogP contribution in [-0.2, 0) is 10.5 Å².